The smallest absolute Gasteiger partial charge is 0.0701 e. The van der Waals surface area contributed by atoms with Gasteiger partial charge in [0.1, 0.15) is 0 Å². The lowest BCUT2D eigenvalue weighted by Gasteiger charge is -2.20. The first-order valence-corrected chi connectivity index (χ1v) is 6.51. The summed E-state index contributed by atoms with van der Waals surface area (Å²) < 4.78 is 16.7. The molecule has 5 heteroatoms. The van der Waals surface area contributed by atoms with Crippen LogP contribution in [0.2, 0.25) is 0 Å². The van der Waals surface area contributed by atoms with E-state index >= 15 is 0 Å². The zero-order valence-corrected chi connectivity index (χ0v) is 11.0. The normalized spacial score (nSPS) is 31.4. The molecule has 102 valence electrons. The molecule has 1 saturated heterocycles. The van der Waals surface area contributed by atoms with Gasteiger partial charge in [-0.05, 0) is 13.8 Å². The van der Waals surface area contributed by atoms with Gasteiger partial charge in [-0.25, -0.2) is 0 Å². The number of rotatable bonds is 0. The SMILES string of the molecule is CC1CNCCOCCOCCNCC(C)O1. The van der Waals surface area contributed by atoms with Crippen molar-refractivity contribution in [3.63, 3.8) is 0 Å². The van der Waals surface area contributed by atoms with E-state index in [1.54, 1.807) is 0 Å². The topological polar surface area (TPSA) is 51.8 Å². The minimum Gasteiger partial charge on any atom is -0.378 e. The standard InChI is InChI=1S/C12H26N2O3/c1-11-9-13-3-5-15-7-8-16-6-4-14-10-12(2)17-11/h11-14H,3-10H2,1-2H3. The molecule has 1 fully saturated rings. The summed E-state index contributed by atoms with van der Waals surface area (Å²) in [6.07, 6.45) is 0.460. The van der Waals surface area contributed by atoms with Gasteiger partial charge in [0.25, 0.3) is 0 Å². The molecule has 0 aromatic rings. The van der Waals surface area contributed by atoms with Crippen LogP contribution in [0.1, 0.15) is 13.8 Å². The third kappa shape index (κ3) is 8.51. The Morgan fingerprint density at radius 3 is 1.71 bits per heavy atom. The average molecular weight is 246 g/mol. The molecule has 0 aromatic carbocycles. The molecule has 1 rings (SSSR count). The second-order valence-corrected chi connectivity index (χ2v) is 4.39. The molecule has 5 nitrogen and oxygen atoms in total. The van der Waals surface area contributed by atoms with Crippen molar-refractivity contribution in [2.24, 2.45) is 0 Å². The monoisotopic (exact) mass is 246 g/mol. The van der Waals surface area contributed by atoms with Crippen LogP contribution in [0.25, 0.3) is 0 Å². The van der Waals surface area contributed by atoms with Crippen LogP contribution < -0.4 is 10.6 Å². The van der Waals surface area contributed by atoms with Crippen molar-refractivity contribution in [3.8, 4) is 0 Å². The molecule has 0 bridgehead atoms. The van der Waals surface area contributed by atoms with Gasteiger partial charge in [-0.15, -0.1) is 0 Å². The molecule has 1 aliphatic rings. The van der Waals surface area contributed by atoms with Gasteiger partial charge in [0.2, 0.25) is 0 Å². The molecular weight excluding hydrogens is 220 g/mol. The third-order valence-corrected chi connectivity index (χ3v) is 2.55. The highest BCUT2D eigenvalue weighted by Gasteiger charge is 2.08. The number of hydrogen-bond acceptors (Lipinski definition) is 5. The van der Waals surface area contributed by atoms with E-state index < -0.39 is 0 Å². The highest BCUT2D eigenvalue weighted by molar-refractivity contribution is 4.61. The summed E-state index contributed by atoms with van der Waals surface area (Å²) in [6, 6.07) is 0. The molecule has 17 heavy (non-hydrogen) atoms. The Bertz CT molecular complexity index is 163. The maximum absolute atomic E-state index is 5.82. The lowest BCUT2D eigenvalue weighted by Crippen LogP contribution is -2.35. The predicted molar refractivity (Wildman–Crippen MR) is 67.4 cm³/mol. The molecule has 0 amide bonds. The summed E-state index contributed by atoms with van der Waals surface area (Å²) >= 11 is 0. The van der Waals surface area contributed by atoms with Gasteiger partial charge in [-0.3, -0.25) is 0 Å². The van der Waals surface area contributed by atoms with E-state index in [1.807, 2.05) is 0 Å². The van der Waals surface area contributed by atoms with E-state index in [-0.39, 0.29) is 12.2 Å². The zero-order chi connectivity index (χ0) is 12.3. The first-order chi connectivity index (χ1) is 8.29. The summed E-state index contributed by atoms with van der Waals surface area (Å²) in [6.45, 7) is 10.4. The summed E-state index contributed by atoms with van der Waals surface area (Å²) in [4.78, 5) is 0. The lowest BCUT2D eigenvalue weighted by atomic mass is 10.3. The van der Waals surface area contributed by atoms with Crippen LogP contribution in [0.15, 0.2) is 0 Å². The Labute approximate surface area is 104 Å². The van der Waals surface area contributed by atoms with Gasteiger partial charge < -0.3 is 24.8 Å². The van der Waals surface area contributed by atoms with Gasteiger partial charge in [-0.2, -0.15) is 0 Å². The van der Waals surface area contributed by atoms with Gasteiger partial charge in [-0.1, -0.05) is 0 Å². The fourth-order valence-electron chi connectivity index (χ4n) is 1.71. The molecule has 1 aliphatic heterocycles. The van der Waals surface area contributed by atoms with E-state index in [9.17, 15) is 0 Å². The van der Waals surface area contributed by atoms with E-state index in [1.165, 1.54) is 0 Å². The predicted octanol–water partition coefficient (Wildman–Crippen LogP) is 0.00600. The van der Waals surface area contributed by atoms with Crippen LogP contribution in [0.4, 0.5) is 0 Å². The van der Waals surface area contributed by atoms with Crippen LogP contribution >= 0.6 is 0 Å². The van der Waals surface area contributed by atoms with Crippen LogP contribution in [-0.2, 0) is 14.2 Å². The molecule has 0 spiro atoms. The van der Waals surface area contributed by atoms with Crippen molar-refractivity contribution < 1.29 is 14.2 Å². The quantitative estimate of drug-likeness (QED) is 0.630. The van der Waals surface area contributed by atoms with Crippen LogP contribution in [0, 0.1) is 0 Å². The van der Waals surface area contributed by atoms with Crippen molar-refractivity contribution >= 4 is 0 Å². The highest BCUT2D eigenvalue weighted by Crippen LogP contribution is 1.96. The summed E-state index contributed by atoms with van der Waals surface area (Å²) in [7, 11) is 0. The Morgan fingerprint density at radius 2 is 1.24 bits per heavy atom. The van der Waals surface area contributed by atoms with Crippen molar-refractivity contribution in [3.05, 3.63) is 0 Å². The summed E-state index contributed by atoms with van der Waals surface area (Å²) in [5, 5.41) is 6.63. The van der Waals surface area contributed by atoms with Crippen molar-refractivity contribution in [2.45, 2.75) is 26.1 Å². The van der Waals surface area contributed by atoms with Crippen LogP contribution in [-0.4, -0.2) is 64.8 Å². The van der Waals surface area contributed by atoms with Crippen molar-refractivity contribution in [1.82, 2.24) is 10.6 Å². The molecule has 2 atom stereocenters. The largest absolute Gasteiger partial charge is 0.378 e. The fourth-order valence-corrected chi connectivity index (χ4v) is 1.71. The van der Waals surface area contributed by atoms with Crippen molar-refractivity contribution in [1.29, 1.82) is 0 Å². The number of hydrogen-bond donors (Lipinski definition) is 2. The first kappa shape index (κ1) is 14.9. The molecule has 2 N–H and O–H groups in total. The van der Waals surface area contributed by atoms with E-state index in [2.05, 4.69) is 24.5 Å². The molecule has 0 radical (unpaired) electrons. The molecular formula is C12H26N2O3. The molecule has 0 aromatic heterocycles. The minimum absolute atomic E-state index is 0.230. The van der Waals surface area contributed by atoms with Gasteiger partial charge in [0, 0.05) is 26.2 Å². The highest BCUT2D eigenvalue weighted by atomic mass is 16.5. The number of nitrogens with one attached hydrogen (secondary N) is 2. The second-order valence-electron chi connectivity index (χ2n) is 4.39. The summed E-state index contributed by atoms with van der Waals surface area (Å²) in [5.41, 5.74) is 0. The van der Waals surface area contributed by atoms with Gasteiger partial charge in [0.15, 0.2) is 0 Å². The molecule has 0 saturated carbocycles. The van der Waals surface area contributed by atoms with E-state index in [0.29, 0.717) is 13.2 Å². The van der Waals surface area contributed by atoms with Crippen LogP contribution in [0.5, 0.6) is 0 Å². The molecule has 2 unspecified atom stereocenters. The van der Waals surface area contributed by atoms with E-state index in [0.717, 1.165) is 39.4 Å². The summed E-state index contributed by atoms with van der Waals surface area (Å²) in [5.74, 6) is 0. The maximum atomic E-state index is 5.82. The molecule has 1 heterocycles. The van der Waals surface area contributed by atoms with Crippen LogP contribution in [0.3, 0.4) is 0 Å². The Hall–Kier alpha value is -0.200. The van der Waals surface area contributed by atoms with Gasteiger partial charge in [0.05, 0.1) is 38.6 Å². The Kier molecular flexibility index (Phi) is 8.56. The zero-order valence-electron chi connectivity index (χ0n) is 11.0. The second kappa shape index (κ2) is 9.79. The van der Waals surface area contributed by atoms with E-state index in [4.69, 9.17) is 14.2 Å². The average Bonchev–Trinajstić information content (AvgIpc) is 2.30. The van der Waals surface area contributed by atoms with Crippen molar-refractivity contribution in [2.75, 3.05) is 52.6 Å². The third-order valence-electron chi connectivity index (χ3n) is 2.55. The maximum Gasteiger partial charge on any atom is 0.0701 e. The van der Waals surface area contributed by atoms with Gasteiger partial charge >= 0.3 is 0 Å². The molecule has 0 aliphatic carbocycles. The first-order valence-electron chi connectivity index (χ1n) is 6.51. The Morgan fingerprint density at radius 1 is 0.765 bits per heavy atom. The number of ether oxygens (including phenoxy) is 3. The lowest BCUT2D eigenvalue weighted by molar-refractivity contribution is 0.00919. The minimum atomic E-state index is 0.230. The Balaban J connectivity index is 2.21. The fraction of sp³-hybridized carbons (Fsp3) is 1.00.